The van der Waals surface area contributed by atoms with Gasteiger partial charge in [-0.2, -0.15) is 5.10 Å². The molecule has 126 valence electrons. The van der Waals surface area contributed by atoms with Gasteiger partial charge in [-0.05, 0) is 27.7 Å². The van der Waals surface area contributed by atoms with E-state index in [2.05, 4.69) is 51.2 Å². The number of hydrogen-bond acceptors (Lipinski definition) is 4. The summed E-state index contributed by atoms with van der Waals surface area (Å²) in [5.41, 5.74) is 0.211. The largest absolute Gasteiger partial charge is 0.388 e. The van der Waals surface area contributed by atoms with Crippen LogP contribution in [-0.4, -0.2) is 39.7 Å². The van der Waals surface area contributed by atoms with Crippen molar-refractivity contribution in [2.75, 3.05) is 13.2 Å². The van der Waals surface area contributed by atoms with E-state index in [9.17, 15) is 5.11 Å². The maximum absolute atomic E-state index is 10.9. The van der Waals surface area contributed by atoms with Crippen molar-refractivity contribution in [3.63, 3.8) is 0 Å². The van der Waals surface area contributed by atoms with Gasteiger partial charge in [-0.1, -0.05) is 13.8 Å². The second-order valence-corrected chi connectivity index (χ2v) is 7.35. The minimum atomic E-state index is -0.713. The van der Waals surface area contributed by atoms with Crippen LogP contribution in [0, 0.1) is 5.41 Å². The zero-order valence-electron chi connectivity index (χ0n) is 14.8. The third kappa shape index (κ3) is 3.07. The fraction of sp³-hybridized carbons (Fsp3) is 0.824. The molecular weight excluding hydrogens is 278 g/mol. The molecule has 1 fully saturated rings. The average molecular weight is 309 g/mol. The highest BCUT2D eigenvalue weighted by molar-refractivity contribution is 5.14. The van der Waals surface area contributed by atoms with Crippen LogP contribution in [0.1, 0.15) is 65.6 Å². The molecule has 0 bridgehead atoms. The van der Waals surface area contributed by atoms with Crippen molar-refractivity contribution in [2.45, 2.75) is 71.8 Å². The fourth-order valence-electron chi connectivity index (χ4n) is 3.06. The van der Waals surface area contributed by atoms with E-state index in [0.717, 1.165) is 5.56 Å². The lowest BCUT2D eigenvalue weighted by atomic mass is 9.56. The first-order chi connectivity index (χ1) is 10.2. The Labute approximate surface area is 134 Å². The van der Waals surface area contributed by atoms with Gasteiger partial charge in [0.25, 0.3) is 0 Å². The Morgan fingerprint density at radius 3 is 2.64 bits per heavy atom. The molecule has 3 atom stereocenters. The van der Waals surface area contributed by atoms with Crippen LogP contribution < -0.4 is 5.32 Å². The maximum atomic E-state index is 10.9. The van der Waals surface area contributed by atoms with Crippen LogP contribution >= 0.6 is 0 Å². The van der Waals surface area contributed by atoms with Crippen LogP contribution in [0.25, 0.3) is 0 Å². The highest BCUT2D eigenvalue weighted by atomic mass is 16.5. The Kier molecular flexibility index (Phi) is 5.00. The molecule has 0 saturated heterocycles. The lowest BCUT2D eigenvalue weighted by molar-refractivity contribution is -0.238. The molecule has 0 amide bonds. The summed E-state index contributed by atoms with van der Waals surface area (Å²) in [5.74, 6) is 0. The summed E-state index contributed by atoms with van der Waals surface area (Å²) in [6, 6.07) is 0.529. The quantitative estimate of drug-likeness (QED) is 0.813. The van der Waals surface area contributed by atoms with Crippen molar-refractivity contribution in [2.24, 2.45) is 5.41 Å². The average Bonchev–Trinajstić information content (AvgIpc) is 2.94. The van der Waals surface area contributed by atoms with Gasteiger partial charge in [-0.3, -0.25) is 4.68 Å². The lowest BCUT2D eigenvalue weighted by Crippen LogP contribution is -2.68. The van der Waals surface area contributed by atoms with E-state index in [1.54, 1.807) is 0 Å². The van der Waals surface area contributed by atoms with Crippen LogP contribution in [0.4, 0.5) is 0 Å². The predicted molar refractivity (Wildman–Crippen MR) is 87.8 cm³/mol. The number of hydrogen-bond donors (Lipinski definition) is 2. The summed E-state index contributed by atoms with van der Waals surface area (Å²) in [7, 11) is 0. The molecule has 0 unspecified atom stereocenters. The molecule has 1 aromatic rings. The fourth-order valence-corrected chi connectivity index (χ4v) is 3.06. The maximum Gasteiger partial charge on any atom is 0.0871 e. The molecule has 1 saturated carbocycles. The van der Waals surface area contributed by atoms with Crippen molar-refractivity contribution < 1.29 is 9.84 Å². The van der Waals surface area contributed by atoms with Crippen LogP contribution in [0.2, 0.25) is 0 Å². The minimum absolute atomic E-state index is 0.142. The van der Waals surface area contributed by atoms with E-state index in [4.69, 9.17) is 4.74 Å². The van der Waals surface area contributed by atoms with Gasteiger partial charge < -0.3 is 15.2 Å². The van der Waals surface area contributed by atoms with Gasteiger partial charge in [0.15, 0.2) is 0 Å². The zero-order chi connectivity index (χ0) is 16.5. The molecule has 5 nitrogen and oxygen atoms in total. The topological polar surface area (TPSA) is 59.3 Å². The Morgan fingerprint density at radius 2 is 2.14 bits per heavy atom. The molecule has 2 N–H and O–H groups in total. The van der Waals surface area contributed by atoms with Crippen LogP contribution in [-0.2, 0) is 4.74 Å². The highest BCUT2D eigenvalue weighted by Crippen LogP contribution is 2.51. The van der Waals surface area contributed by atoms with Gasteiger partial charge in [-0.25, -0.2) is 0 Å². The van der Waals surface area contributed by atoms with Crippen molar-refractivity contribution in [1.29, 1.82) is 0 Å². The second-order valence-electron chi connectivity index (χ2n) is 7.35. The van der Waals surface area contributed by atoms with Crippen LogP contribution in [0.5, 0.6) is 0 Å². The first kappa shape index (κ1) is 17.4. The summed E-state index contributed by atoms with van der Waals surface area (Å²) in [4.78, 5) is 0. The van der Waals surface area contributed by atoms with E-state index in [0.29, 0.717) is 25.6 Å². The molecule has 1 aliphatic carbocycles. The number of nitrogens with one attached hydrogen (secondary N) is 1. The first-order valence-electron chi connectivity index (χ1n) is 8.32. The van der Waals surface area contributed by atoms with Crippen LogP contribution in [0.3, 0.4) is 0 Å². The molecule has 0 aromatic carbocycles. The second kappa shape index (κ2) is 6.30. The molecule has 1 aliphatic rings. The van der Waals surface area contributed by atoms with Gasteiger partial charge in [0.05, 0.1) is 17.9 Å². The third-order valence-corrected chi connectivity index (χ3v) is 5.25. The van der Waals surface area contributed by atoms with Gasteiger partial charge in [-0.15, -0.1) is 0 Å². The number of ether oxygens (including phenoxy) is 1. The Bertz CT molecular complexity index is 498. The van der Waals surface area contributed by atoms with E-state index in [1.807, 2.05) is 17.8 Å². The molecule has 2 rings (SSSR count). The lowest BCUT2D eigenvalue weighted by Gasteiger charge is -2.58. The smallest absolute Gasteiger partial charge is 0.0871 e. The molecule has 0 radical (unpaired) electrons. The van der Waals surface area contributed by atoms with E-state index >= 15 is 0 Å². The monoisotopic (exact) mass is 309 g/mol. The summed E-state index contributed by atoms with van der Waals surface area (Å²) < 4.78 is 7.67. The zero-order valence-corrected chi connectivity index (χ0v) is 14.8. The first-order valence-corrected chi connectivity index (χ1v) is 8.32. The minimum Gasteiger partial charge on any atom is -0.388 e. The van der Waals surface area contributed by atoms with Gasteiger partial charge in [0.2, 0.25) is 0 Å². The Balaban J connectivity index is 1.92. The molecule has 5 heteroatoms. The van der Waals surface area contributed by atoms with Crippen molar-refractivity contribution in [3.8, 4) is 0 Å². The van der Waals surface area contributed by atoms with E-state index in [-0.39, 0.29) is 17.6 Å². The third-order valence-electron chi connectivity index (χ3n) is 5.25. The van der Waals surface area contributed by atoms with Gasteiger partial charge in [0.1, 0.15) is 0 Å². The van der Waals surface area contributed by atoms with Crippen molar-refractivity contribution in [3.05, 3.63) is 18.0 Å². The summed E-state index contributed by atoms with van der Waals surface area (Å²) in [6.07, 6.45) is 4.81. The van der Waals surface area contributed by atoms with Crippen molar-refractivity contribution >= 4 is 0 Å². The molecule has 1 aromatic heterocycles. The molecule has 1 heterocycles. The molecule has 0 aliphatic heterocycles. The van der Waals surface area contributed by atoms with Crippen LogP contribution in [0.15, 0.2) is 12.4 Å². The molecular formula is C17H31N3O2. The number of aromatic nitrogens is 2. The molecule has 22 heavy (non-hydrogen) atoms. The summed E-state index contributed by atoms with van der Waals surface area (Å²) >= 11 is 0. The number of aliphatic hydroxyl groups is 1. The van der Waals surface area contributed by atoms with E-state index in [1.165, 1.54) is 0 Å². The standard InChI is InChI=1S/C17H31N3O2/c1-7-22-15-8-17(21,16(15,5)6)11-18-13(4)14-9-19-20(10-14)12(2)3/h9-10,12-13,15,18,21H,7-8,11H2,1-6H3/t13-,15-,17+/m1/s1. The van der Waals surface area contributed by atoms with Gasteiger partial charge >= 0.3 is 0 Å². The predicted octanol–water partition coefficient (Wildman–Crippen LogP) is 2.68. The normalized spacial score (nSPS) is 28.6. The molecule has 0 spiro atoms. The number of rotatable bonds is 7. The van der Waals surface area contributed by atoms with Gasteiger partial charge in [0, 0.05) is 48.8 Å². The Morgan fingerprint density at radius 1 is 1.45 bits per heavy atom. The number of nitrogens with zero attached hydrogens (tertiary/aromatic N) is 2. The van der Waals surface area contributed by atoms with E-state index < -0.39 is 5.60 Å². The van der Waals surface area contributed by atoms with Crippen molar-refractivity contribution in [1.82, 2.24) is 15.1 Å². The highest BCUT2D eigenvalue weighted by Gasteiger charge is 2.59. The Hall–Kier alpha value is -0.910. The SMILES string of the molecule is CCO[C@@H]1C[C@](O)(CN[C@H](C)c2cnn(C(C)C)c2)C1(C)C. The summed E-state index contributed by atoms with van der Waals surface area (Å²) in [5, 5.41) is 18.7. The summed E-state index contributed by atoms with van der Waals surface area (Å²) in [6.45, 7) is 13.8.